The number of hydrogen-bond acceptors (Lipinski definition) is 5. The van der Waals surface area contributed by atoms with E-state index >= 15 is 0 Å². The predicted octanol–water partition coefficient (Wildman–Crippen LogP) is 4.33. The summed E-state index contributed by atoms with van der Waals surface area (Å²) in [6.07, 6.45) is 4.16. The number of amides is 1. The number of benzene rings is 2. The molecule has 0 atom stereocenters. The van der Waals surface area contributed by atoms with Crippen molar-refractivity contribution in [3.8, 4) is 11.3 Å². The van der Waals surface area contributed by atoms with Crippen LogP contribution in [0.3, 0.4) is 0 Å². The van der Waals surface area contributed by atoms with Gasteiger partial charge in [0.1, 0.15) is 11.3 Å². The maximum atomic E-state index is 12.9. The third-order valence-electron chi connectivity index (χ3n) is 5.69. The third-order valence-corrected chi connectivity index (χ3v) is 5.69. The summed E-state index contributed by atoms with van der Waals surface area (Å²) in [6.45, 7) is 2.77. The van der Waals surface area contributed by atoms with Gasteiger partial charge in [-0.3, -0.25) is 9.59 Å². The van der Waals surface area contributed by atoms with Gasteiger partial charge in [-0.1, -0.05) is 49.2 Å². The number of fused-ring (bicyclic) bond motifs is 1. The Labute approximate surface area is 180 Å². The Hall–Kier alpha value is -3.41. The van der Waals surface area contributed by atoms with Gasteiger partial charge in [0.15, 0.2) is 17.6 Å². The maximum absolute atomic E-state index is 12.9. The summed E-state index contributed by atoms with van der Waals surface area (Å²) in [5.74, 6) is -0.462. The Morgan fingerprint density at radius 2 is 1.68 bits per heavy atom. The number of hydrogen-bond donors (Lipinski definition) is 0. The van der Waals surface area contributed by atoms with Crippen LogP contribution in [0.25, 0.3) is 22.3 Å². The zero-order valence-electron chi connectivity index (χ0n) is 17.6. The number of para-hydroxylation sites is 1. The normalized spacial score (nSPS) is 14.3. The molecule has 0 aliphatic carbocycles. The number of rotatable bonds is 4. The van der Waals surface area contributed by atoms with E-state index in [1.54, 1.807) is 30.0 Å². The largest absolute Gasteiger partial charge is 0.455 e. The molecule has 1 aliphatic rings. The van der Waals surface area contributed by atoms with E-state index in [2.05, 4.69) is 0 Å². The number of carbonyl (C=O) groups excluding carboxylic acids is 2. The quantitative estimate of drug-likeness (QED) is 0.589. The van der Waals surface area contributed by atoms with Crippen LogP contribution in [0, 0.1) is 6.92 Å². The van der Waals surface area contributed by atoms with Crippen LogP contribution in [0.2, 0.25) is 0 Å². The molecule has 0 N–H and O–H groups in total. The van der Waals surface area contributed by atoms with E-state index in [1.807, 2.05) is 30.3 Å². The summed E-state index contributed by atoms with van der Waals surface area (Å²) < 4.78 is 11.4. The molecule has 4 rings (SSSR count). The Morgan fingerprint density at radius 1 is 0.968 bits per heavy atom. The van der Waals surface area contributed by atoms with Crippen molar-refractivity contribution in [3.05, 3.63) is 69.9 Å². The third kappa shape index (κ3) is 4.38. The molecular weight excluding hydrogens is 394 g/mol. The molecule has 1 fully saturated rings. The van der Waals surface area contributed by atoms with Gasteiger partial charge in [-0.15, -0.1) is 0 Å². The topological polar surface area (TPSA) is 76.8 Å². The molecule has 0 bridgehead atoms. The Bertz CT molecular complexity index is 1160. The van der Waals surface area contributed by atoms with Crippen LogP contribution < -0.4 is 5.43 Å². The van der Waals surface area contributed by atoms with Crippen molar-refractivity contribution >= 4 is 22.8 Å². The molecule has 160 valence electrons. The second kappa shape index (κ2) is 9.16. The van der Waals surface area contributed by atoms with E-state index in [4.69, 9.17) is 9.15 Å². The van der Waals surface area contributed by atoms with Crippen molar-refractivity contribution in [2.75, 3.05) is 19.7 Å². The van der Waals surface area contributed by atoms with E-state index in [0.29, 0.717) is 29.8 Å². The Morgan fingerprint density at radius 3 is 2.39 bits per heavy atom. The molecule has 0 unspecified atom stereocenters. The van der Waals surface area contributed by atoms with E-state index < -0.39 is 5.97 Å². The molecule has 1 aromatic heterocycles. The minimum atomic E-state index is -0.681. The molecule has 0 radical (unpaired) electrons. The lowest BCUT2D eigenvalue weighted by Gasteiger charge is -2.20. The van der Waals surface area contributed by atoms with Gasteiger partial charge in [0.05, 0.1) is 5.39 Å². The molecule has 6 nitrogen and oxygen atoms in total. The van der Waals surface area contributed by atoms with Gasteiger partial charge in [0.2, 0.25) is 0 Å². The predicted molar refractivity (Wildman–Crippen MR) is 118 cm³/mol. The fourth-order valence-corrected chi connectivity index (χ4v) is 3.95. The Balaban J connectivity index is 1.62. The van der Waals surface area contributed by atoms with Crippen LogP contribution in [0.4, 0.5) is 0 Å². The number of carbonyl (C=O) groups is 2. The second-order valence-corrected chi connectivity index (χ2v) is 7.80. The first-order valence-electron chi connectivity index (χ1n) is 10.6. The lowest BCUT2D eigenvalue weighted by Crippen LogP contribution is -2.35. The number of likely N-dealkylation sites (tertiary alicyclic amines) is 1. The van der Waals surface area contributed by atoms with E-state index in [1.165, 1.54) is 0 Å². The van der Waals surface area contributed by atoms with Gasteiger partial charge in [0.25, 0.3) is 5.91 Å². The lowest BCUT2D eigenvalue weighted by molar-refractivity contribution is -0.134. The average Bonchev–Trinajstić information content (AvgIpc) is 3.09. The molecule has 1 amide bonds. The maximum Gasteiger partial charge on any atom is 0.342 e. The fraction of sp³-hybridized carbons (Fsp3) is 0.320. The molecule has 1 saturated heterocycles. The molecule has 2 heterocycles. The van der Waals surface area contributed by atoms with Crippen molar-refractivity contribution in [3.63, 3.8) is 0 Å². The molecule has 0 saturated carbocycles. The van der Waals surface area contributed by atoms with E-state index in [0.717, 1.165) is 31.2 Å². The van der Waals surface area contributed by atoms with Crippen LogP contribution in [0.15, 0.2) is 57.7 Å². The van der Waals surface area contributed by atoms with Gasteiger partial charge in [-0.05, 0) is 31.9 Å². The summed E-state index contributed by atoms with van der Waals surface area (Å²) >= 11 is 0. The van der Waals surface area contributed by atoms with Gasteiger partial charge in [0, 0.05) is 24.2 Å². The minimum Gasteiger partial charge on any atom is -0.455 e. The standard InChI is InChI=1S/C25H25NO5/c1-17-22(28)19-12-9-13-20(24(19)31-23(17)18-10-5-4-6-11-18)25(29)30-16-21(27)26-14-7-2-3-8-15-26/h4-6,9-13H,2-3,7-8,14-16H2,1H3. The Kier molecular flexibility index (Phi) is 6.16. The van der Waals surface area contributed by atoms with E-state index in [-0.39, 0.29) is 29.1 Å². The molecule has 2 aromatic carbocycles. The van der Waals surface area contributed by atoms with Crippen molar-refractivity contribution < 1.29 is 18.7 Å². The molecule has 3 aromatic rings. The summed E-state index contributed by atoms with van der Waals surface area (Å²) in [5.41, 5.74) is 1.33. The highest BCUT2D eigenvalue weighted by Gasteiger charge is 2.21. The van der Waals surface area contributed by atoms with Crippen LogP contribution in [-0.2, 0) is 9.53 Å². The number of esters is 1. The van der Waals surface area contributed by atoms with Gasteiger partial charge >= 0.3 is 5.97 Å². The monoisotopic (exact) mass is 419 g/mol. The minimum absolute atomic E-state index is 0.135. The van der Waals surface area contributed by atoms with Crippen LogP contribution in [0.1, 0.15) is 41.6 Å². The fourth-order valence-electron chi connectivity index (χ4n) is 3.95. The van der Waals surface area contributed by atoms with Crippen molar-refractivity contribution in [2.24, 2.45) is 0 Å². The van der Waals surface area contributed by atoms with Gasteiger partial charge in [-0.2, -0.15) is 0 Å². The second-order valence-electron chi connectivity index (χ2n) is 7.80. The molecule has 0 spiro atoms. The number of ether oxygens (including phenoxy) is 1. The first-order valence-corrected chi connectivity index (χ1v) is 10.6. The van der Waals surface area contributed by atoms with Crippen LogP contribution >= 0.6 is 0 Å². The average molecular weight is 419 g/mol. The first kappa shape index (κ1) is 20.8. The van der Waals surface area contributed by atoms with Crippen molar-refractivity contribution in [1.82, 2.24) is 4.90 Å². The summed E-state index contributed by atoms with van der Waals surface area (Å²) in [6, 6.07) is 14.1. The van der Waals surface area contributed by atoms with E-state index in [9.17, 15) is 14.4 Å². The summed E-state index contributed by atoms with van der Waals surface area (Å²) in [5, 5.41) is 0.311. The molecular formula is C25H25NO5. The number of nitrogens with zero attached hydrogens (tertiary/aromatic N) is 1. The smallest absolute Gasteiger partial charge is 0.342 e. The highest BCUT2D eigenvalue weighted by molar-refractivity contribution is 6.02. The summed E-state index contributed by atoms with van der Waals surface area (Å²) in [4.78, 5) is 39.9. The van der Waals surface area contributed by atoms with Crippen LogP contribution in [0.5, 0.6) is 0 Å². The van der Waals surface area contributed by atoms with Gasteiger partial charge < -0.3 is 14.1 Å². The zero-order valence-corrected chi connectivity index (χ0v) is 17.6. The van der Waals surface area contributed by atoms with Gasteiger partial charge in [-0.25, -0.2) is 4.79 Å². The molecule has 1 aliphatic heterocycles. The van der Waals surface area contributed by atoms with Crippen molar-refractivity contribution in [2.45, 2.75) is 32.6 Å². The highest BCUT2D eigenvalue weighted by atomic mass is 16.5. The lowest BCUT2D eigenvalue weighted by atomic mass is 10.0. The van der Waals surface area contributed by atoms with Crippen molar-refractivity contribution in [1.29, 1.82) is 0 Å². The van der Waals surface area contributed by atoms with Crippen LogP contribution in [-0.4, -0.2) is 36.5 Å². The first-order chi connectivity index (χ1) is 15.1. The zero-order chi connectivity index (χ0) is 21.8. The highest BCUT2D eigenvalue weighted by Crippen LogP contribution is 2.27. The molecule has 6 heteroatoms. The molecule has 31 heavy (non-hydrogen) atoms. The SMILES string of the molecule is Cc1c(-c2ccccc2)oc2c(C(=O)OCC(=O)N3CCCCCC3)cccc2c1=O. The summed E-state index contributed by atoms with van der Waals surface area (Å²) in [7, 11) is 0.